The standard InChI is InChI=1S/C11H10N2O3S2/c1-7(10(14)15)4-6-18-11-13-12-9(16-11)8-3-2-5-17-8/h2-5H,6H2,1H3,(H,14,15). The van der Waals surface area contributed by atoms with Gasteiger partial charge in [-0.1, -0.05) is 23.9 Å². The van der Waals surface area contributed by atoms with Gasteiger partial charge < -0.3 is 9.52 Å². The van der Waals surface area contributed by atoms with Crippen molar-refractivity contribution in [3.63, 3.8) is 0 Å². The van der Waals surface area contributed by atoms with Gasteiger partial charge in [-0.2, -0.15) is 0 Å². The van der Waals surface area contributed by atoms with Crippen LogP contribution in [-0.4, -0.2) is 27.0 Å². The summed E-state index contributed by atoms with van der Waals surface area (Å²) in [6.07, 6.45) is 1.61. The van der Waals surface area contributed by atoms with E-state index < -0.39 is 5.97 Å². The van der Waals surface area contributed by atoms with Crippen molar-refractivity contribution in [2.75, 3.05) is 5.75 Å². The Hall–Kier alpha value is -1.60. The maximum absolute atomic E-state index is 10.6. The zero-order chi connectivity index (χ0) is 13.0. The lowest BCUT2D eigenvalue weighted by molar-refractivity contribution is -0.132. The summed E-state index contributed by atoms with van der Waals surface area (Å²) in [4.78, 5) is 11.5. The summed E-state index contributed by atoms with van der Waals surface area (Å²) in [5.41, 5.74) is 0.306. The molecule has 0 amide bonds. The van der Waals surface area contributed by atoms with Crippen molar-refractivity contribution in [1.29, 1.82) is 0 Å². The van der Waals surface area contributed by atoms with E-state index in [9.17, 15) is 4.79 Å². The number of carboxylic acid groups (broad SMARTS) is 1. The van der Waals surface area contributed by atoms with Crippen LogP contribution in [0.15, 0.2) is 38.8 Å². The number of carbonyl (C=O) groups is 1. The van der Waals surface area contributed by atoms with Crippen LogP contribution in [0.1, 0.15) is 6.92 Å². The summed E-state index contributed by atoms with van der Waals surface area (Å²) in [5.74, 6) is 0.0661. The third kappa shape index (κ3) is 3.21. The Morgan fingerprint density at radius 2 is 2.44 bits per heavy atom. The Kier molecular flexibility index (Phi) is 4.16. The summed E-state index contributed by atoms with van der Waals surface area (Å²) in [6, 6.07) is 3.82. The summed E-state index contributed by atoms with van der Waals surface area (Å²) >= 11 is 2.84. The second kappa shape index (κ2) is 5.83. The van der Waals surface area contributed by atoms with Gasteiger partial charge in [0.25, 0.3) is 11.1 Å². The van der Waals surface area contributed by atoms with Crippen molar-refractivity contribution in [3.8, 4) is 10.8 Å². The molecular weight excluding hydrogens is 272 g/mol. The Bertz CT molecular complexity index is 561. The smallest absolute Gasteiger partial charge is 0.330 e. The number of carboxylic acids is 1. The molecule has 0 aliphatic carbocycles. The Labute approximate surface area is 112 Å². The number of hydrogen-bond donors (Lipinski definition) is 1. The predicted octanol–water partition coefficient (Wildman–Crippen LogP) is 2.92. The second-order valence-electron chi connectivity index (χ2n) is 3.35. The van der Waals surface area contributed by atoms with Crippen LogP contribution >= 0.6 is 23.1 Å². The molecule has 5 nitrogen and oxygen atoms in total. The molecule has 2 aromatic rings. The van der Waals surface area contributed by atoms with Crippen LogP contribution < -0.4 is 0 Å². The van der Waals surface area contributed by atoms with E-state index in [0.29, 0.717) is 22.4 Å². The number of rotatable bonds is 5. The lowest BCUT2D eigenvalue weighted by Crippen LogP contribution is -1.96. The van der Waals surface area contributed by atoms with Gasteiger partial charge in [0.05, 0.1) is 4.88 Å². The molecule has 0 saturated heterocycles. The lowest BCUT2D eigenvalue weighted by atomic mass is 10.3. The molecule has 0 unspecified atom stereocenters. The first-order valence-corrected chi connectivity index (χ1v) is 6.93. The van der Waals surface area contributed by atoms with E-state index in [2.05, 4.69) is 10.2 Å². The maximum atomic E-state index is 10.6. The zero-order valence-electron chi connectivity index (χ0n) is 9.49. The van der Waals surface area contributed by atoms with Gasteiger partial charge in [0.2, 0.25) is 0 Å². The molecule has 2 aromatic heterocycles. The lowest BCUT2D eigenvalue weighted by Gasteiger charge is -1.92. The number of hydrogen-bond acceptors (Lipinski definition) is 6. The van der Waals surface area contributed by atoms with Crippen molar-refractivity contribution < 1.29 is 14.3 Å². The molecule has 0 saturated carbocycles. The molecule has 0 spiro atoms. The van der Waals surface area contributed by atoms with E-state index >= 15 is 0 Å². The molecule has 0 atom stereocenters. The summed E-state index contributed by atoms with van der Waals surface area (Å²) < 4.78 is 5.44. The van der Waals surface area contributed by atoms with Crippen LogP contribution in [0.3, 0.4) is 0 Å². The summed E-state index contributed by atoms with van der Waals surface area (Å²) in [6.45, 7) is 1.55. The molecule has 0 aliphatic heterocycles. The highest BCUT2D eigenvalue weighted by atomic mass is 32.2. The van der Waals surface area contributed by atoms with Crippen molar-refractivity contribution in [3.05, 3.63) is 29.2 Å². The van der Waals surface area contributed by atoms with Crippen LogP contribution in [0.4, 0.5) is 0 Å². The van der Waals surface area contributed by atoms with Crippen molar-refractivity contribution in [1.82, 2.24) is 10.2 Å². The third-order valence-electron chi connectivity index (χ3n) is 2.07. The van der Waals surface area contributed by atoms with Gasteiger partial charge in [-0.05, 0) is 18.4 Å². The van der Waals surface area contributed by atoms with E-state index in [1.54, 1.807) is 13.0 Å². The molecule has 0 radical (unpaired) electrons. The first-order valence-electron chi connectivity index (χ1n) is 5.07. The Morgan fingerprint density at radius 1 is 1.61 bits per heavy atom. The van der Waals surface area contributed by atoms with Crippen LogP contribution in [0.25, 0.3) is 10.8 Å². The van der Waals surface area contributed by atoms with Gasteiger partial charge in [-0.3, -0.25) is 0 Å². The predicted molar refractivity (Wildman–Crippen MR) is 69.7 cm³/mol. The van der Waals surface area contributed by atoms with Gasteiger partial charge in [-0.25, -0.2) is 4.79 Å². The van der Waals surface area contributed by atoms with Crippen molar-refractivity contribution in [2.24, 2.45) is 0 Å². The molecule has 1 N–H and O–H groups in total. The van der Waals surface area contributed by atoms with Crippen molar-refractivity contribution >= 4 is 29.1 Å². The van der Waals surface area contributed by atoms with Gasteiger partial charge >= 0.3 is 5.97 Å². The number of nitrogens with zero attached hydrogens (tertiary/aromatic N) is 2. The van der Waals surface area contributed by atoms with Gasteiger partial charge in [-0.15, -0.1) is 21.5 Å². The molecule has 2 rings (SSSR count). The maximum Gasteiger partial charge on any atom is 0.330 e. The van der Waals surface area contributed by atoms with Crippen molar-refractivity contribution in [2.45, 2.75) is 12.1 Å². The minimum atomic E-state index is -0.916. The fraction of sp³-hybridized carbons (Fsp3) is 0.182. The fourth-order valence-corrected chi connectivity index (χ4v) is 2.45. The molecule has 0 aliphatic rings. The third-order valence-corrected chi connectivity index (χ3v) is 3.68. The molecular formula is C11H10N2O3S2. The summed E-state index contributed by atoms with van der Waals surface area (Å²) in [5, 5.41) is 18.9. The molecule has 0 fully saturated rings. The van der Waals surface area contributed by atoms with E-state index in [1.807, 2.05) is 17.5 Å². The topological polar surface area (TPSA) is 76.2 Å². The number of thioether (sulfide) groups is 1. The average molecular weight is 282 g/mol. The van der Waals surface area contributed by atoms with E-state index in [0.717, 1.165) is 4.88 Å². The van der Waals surface area contributed by atoms with Gasteiger partial charge in [0.1, 0.15) is 0 Å². The number of aliphatic carboxylic acids is 1. The van der Waals surface area contributed by atoms with Gasteiger partial charge in [0.15, 0.2) is 0 Å². The highest BCUT2D eigenvalue weighted by Crippen LogP contribution is 2.26. The highest BCUT2D eigenvalue weighted by molar-refractivity contribution is 7.99. The molecule has 18 heavy (non-hydrogen) atoms. The summed E-state index contributed by atoms with van der Waals surface area (Å²) in [7, 11) is 0. The monoisotopic (exact) mass is 282 g/mol. The van der Waals surface area contributed by atoms with Crippen LogP contribution in [0, 0.1) is 0 Å². The molecule has 0 aromatic carbocycles. The molecule has 0 bridgehead atoms. The zero-order valence-corrected chi connectivity index (χ0v) is 11.1. The van der Waals surface area contributed by atoms with E-state index in [-0.39, 0.29) is 0 Å². The Balaban J connectivity index is 1.96. The van der Waals surface area contributed by atoms with Crippen LogP contribution in [-0.2, 0) is 4.79 Å². The highest BCUT2D eigenvalue weighted by Gasteiger charge is 2.09. The number of thiophene rings is 1. The van der Waals surface area contributed by atoms with Gasteiger partial charge in [0, 0.05) is 11.3 Å². The Morgan fingerprint density at radius 3 is 3.11 bits per heavy atom. The second-order valence-corrected chi connectivity index (χ2v) is 5.27. The number of aromatic nitrogens is 2. The van der Waals surface area contributed by atoms with Crippen LogP contribution in [0.5, 0.6) is 0 Å². The fourth-order valence-electron chi connectivity index (χ4n) is 1.09. The molecule has 7 heteroatoms. The van der Waals surface area contributed by atoms with E-state index in [4.69, 9.17) is 9.52 Å². The first-order chi connectivity index (χ1) is 8.66. The normalized spacial score (nSPS) is 11.7. The molecule has 94 valence electrons. The minimum absolute atomic E-state index is 0.306. The quantitative estimate of drug-likeness (QED) is 0.671. The minimum Gasteiger partial charge on any atom is -0.478 e. The SMILES string of the molecule is CC(=CCSc1nnc(-c2cccs2)o1)C(=O)O. The largest absolute Gasteiger partial charge is 0.478 e. The van der Waals surface area contributed by atoms with Crippen LogP contribution in [0.2, 0.25) is 0 Å². The van der Waals surface area contributed by atoms with E-state index in [1.165, 1.54) is 23.1 Å². The first kappa shape index (κ1) is 12.8. The molecule has 2 heterocycles. The average Bonchev–Trinajstić information content (AvgIpc) is 2.98.